The van der Waals surface area contributed by atoms with Gasteiger partial charge in [-0.3, -0.25) is 4.90 Å². The van der Waals surface area contributed by atoms with E-state index >= 15 is 0 Å². The number of hydrogen-bond donors (Lipinski definition) is 1. The van der Waals surface area contributed by atoms with E-state index in [1.54, 1.807) is 6.92 Å². The largest absolute Gasteiger partial charge is 0.314 e. The van der Waals surface area contributed by atoms with Gasteiger partial charge in [-0.25, -0.2) is 12.8 Å². The van der Waals surface area contributed by atoms with Gasteiger partial charge in [-0.1, -0.05) is 6.07 Å². The molecule has 1 N–H and O–H groups in total. The van der Waals surface area contributed by atoms with Gasteiger partial charge < -0.3 is 5.32 Å². The average molecular weight is 327 g/mol. The zero-order valence-electron chi connectivity index (χ0n) is 12.8. The highest BCUT2D eigenvalue weighted by Gasteiger charge is 2.36. The summed E-state index contributed by atoms with van der Waals surface area (Å²) in [5.74, 6) is -0.512. The topological polar surface area (TPSA) is 52.7 Å². The molecule has 1 aromatic rings. The van der Waals surface area contributed by atoms with Crippen molar-refractivity contribution < 1.29 is 12.8 Å². The summed E-state index contributed by atoms with van der Waals surface area (Å²) in [7, 11) is -3.61. The van der Waals surface area contributed by atoms with E-state index in [1.165, 1.54) is 16.4 Å². The summed E-state index contributed by atoms with van der Waals surface area (Å²) in [6.45, 7) is 6.52. The second-order valence-electron chi connectivity index (χ2n) is 6.00. The third kappa shape index (κ3) is 3.03. The monoisotopic (exact) mass is 327 g/mol. The molecule has 5 nitrogen and oxygen atoms in total. The number of rotatable bonds is 3. The number of halogens is 1. The molecule has 2 aliphatic heterocycles. The van der Waals surface area contributed by atoms with Crippen LogP contribution in [0.1, 0.15) is 12.0 Å². The Morgan fingerprint density at radius 1 is 1.23 bits per heavy atom. The predicted molar refractivity (Wildman–Crippen MR) is 82.7 cm³/mol. The van der Waals surface area contributed by atoms with Gasteiger partial charge in [0.05, 0.1) is 4.90 Å². The van der Waals surface area contributed by atoms with Crippen LogP contribution in [-0.2, 0) is 10.0 Å². The zero-order valence-corrected chi connectivity index (χ0v) is 13.6. The maximum atomic E-state index is 13.4. The van der Waals surface area contributed by atoms with Gasteiger partial charge in [-0.2, -0.15) is 4.31 Å². The van der Waals surface area contributed by atoms with E-state index < -0.39 is 15.8 Å². The molecule has 0 radical (unpaired) electrons. The Kier molecular flexibility index (Phi) is 4.49. The van der Waals surface area contributed by atoms with Crippen molar-refractivity contribution in [2.45, 2.75) is 24.3 Å². The summed E-state index contributed by atoms with van der Waals surface area (Å²) in [4.78, 5) is 2.44. The van der Waals surface area contributed by atoms with Crippen molar-refractivity contribution in [3.05, 3.63) is 29.6 Å². The van der Waals surface area contributed by atoms with Crippen LogP contribution < -0.4 is 5.32 Å². The van der Waals surface area contributed by atoms with Crippen molar-refractivity contribution >= 4 is 10.0 Å². The summed E-state index contributed by atoms with van der Waals surface area (Å²) in [6.07, 6.45) is 0.841. The molecule has 7 heteroatoms. The number of nitrogens with one attached hydrogen (secondary N) is 1. The van der Waals surface area contributed by atoms with Gasteiger partial charge in [-0.05, 0) is 31.0 Å². The lowest BCUT2D eigenvalue weighted by Crippen LogP contribution is -2.49. The van der Waals surface area contributed by atoms with E-state index in [4.69, 9.17) is 0 Å². The fraction of sp³-hybridized carbons (Fsp3) is 0.600. The molecule has 2 aliphatic rings. The van der Waals surface area contributed by atoms with Crippen LogP contribution in [0.25, 0.3) is 0 Å². The SMILES string of the molecule is Cc1ccc(F)cc1S(=O)(=O)N1CCC(N2CCNCC2)C1. The second-order valence-corrected chi connectivity index (χ2v) is 7.91. The minimum Gasteiger partial charge on any atom is -0.314 e. The van der Waals surface area contributed by atoms with E-state index in [0.29, 0.717) is 18.7 Å². The maximum absolute atomic E-state index is 13.4. The molecule has 1 aromatic carbocycles. The first kappa shape index (κ1) is 15.9. The molecule has 1 unspecified atom stereocenters. The van der Waals surface area contributed by atoms with Crippen molar-refractivity contribution in [3.8, 4) is 0 Å². The fourth-order valence-corrected chi connectivity index (χ4v) is 4.99. The van der Waals surface area contributed by atoms with Crippen molar-refractivity contribution in [3.63, 3.8) is 0 Å². The third-order valence-electron chi connectivity index (χ3n) is 4.56. The number of benzene rings is 1. The molecule has 122 valence electrons. The van der Waals surface area contributed by atoms with Gasteiger partial charge in [0, 0.05) is 45.3 Å². The molecule has 2 saturated heterocycles. The van der Waals surface area contributed by atoms with E-state index in [2.05, 4.69) is 10.2 Å². The summed E-state index contributed by atoms with van der Waals surface area (Å²) >= 11 is 0. The molecule has 0 saturated carbocycles. The number of nitrogens with zero attached hydrogens (tertiary/aromatic N) is 2. The molecule has 2 heterocycles. The van der Waals surface area contributed by atoms with Crippen LogP contribution >= 0.6 is 0 Å². The first-order valence-electron chi connectivity index (χ1n) is 7.69. The normalized spacial score (nSPS) is 24.7. The highest BCUT2D eigenvalue weighted by molar-refractivity contribution is 7.89. The van der Waals surface area contributed by atoms with Crippen LogP contribution in [0.3, 0.4) is 0 Å². The zero-order chi connectivity index (χ0) is 15.7. The predicted octanol–water partition coefficient (Wildman–Crippen LogP) is 0.802. The molecule has 0 spiro atoms. The lowest BCUT2D eigenvalue weighted by atomic mass is 10.2. The van der Waals surface area contributed by atoms with Gasteiger partial charge in [0.2, 0.25) is 10.0 Å². The first-order valence-corrected chi connectivity index (χ1v) is 9.13. The van der Waals surface area contributed by atoms with Crippen molar-refractivity contribution in [1.82, 2.24) is 14.5 Å². The van der Waals surface area contributed by atoms with Crippen LogP contribution in [0.5, 0.6) is 0 Å². The Labute approximate surface area is 131 Å². The van der Waals surface area contributed by atoms with Gasteiger partial charge in [0.1, 0.15) is 5.82 Å². The molecular weight excluding hydrogens is 305 g/mol. The second kappa shape index (κ2) is 6.23. The summed E-state index contributed by atoms with van der Waals surface area (Å²) in [5.41, 5.74) is 0.590. The standard InChI is InChI=1S/C15H22FN3O2S/c1-12-2-3-13(16)10-15(12)22(20,21)19-7-4-14(11-19)18-8-5-17-6-9-18/h2-3,10,14,17H,4-9,11H2,1H3. The number of hydrogen-bond acceptors (Lipinski definition) is 4. The molecule has 0 amide bonds. The van der Waals surface area contributed by atoms with Crippen LogP contribution in [-0.4, -0.2) is 62.9 Å². The number of aryl methyl sites for hydroxylation is 1. The highest BCUT2D eigenvalue weighted by Crippen LogP contribution is 2.26. The van der Waals surface area contributed by atoms with E-state index in [9.17, 15) is 12.8 Å². The molecular formula is C15H22FN3O2S. The van der Waals surface area contributed by atoms with Crippen LogP contribution in [0.4, 0.5) is 4.39 Å². The van der Waals surface area contributed by atoms with Gasteiger partial charge in [-0.15, -0.1) is 0 Å². The molecule has 0 bridgehead atoms. The van der Waals surface area contributed by atoms with E-state index in [1.807, 2.05) is 0 Å². The van der Waals surface area contributed by atoms with E-state index in [0.717, 1.165) is 38.7 Å². The number of sulfonamides is 1. The molecule has 0 aromatic heterocycles. The lowest BCUT2D eigenvalue weighted by Gasteiger charge is -2.32. The van der Waals surface area contributed by atoms with E-state index in [-0.39, 0.29) is 10.9 Å². The van der Waals surface area contributed by atoms with Gasteiger partial charge in [0.25, 0.3) is 0 Å². The Bertz CT molecular complexity index is 644. The number of piperazine rings is 1. The maximum Gasteiger partial charge on any atom is 0.243 e. The van der Waals surface area contributed by atoms with Crippen LogP contribution in [0.15, 0.2) is 23.1 Å². The molecule has 22 heavy (non-hydrogen) atoms. The average Bonchev–Trinajstić information content (AvgIpc) is 3.01. The quantitative estimate of drug-likeness (QED) is 0.892. The smallest absolute Gasteiger partial charge is 0.243 e. The van der Waals surface area contributed by atoms with Crippen molar-refractivity contribution in [2.24, 2.45) is 0 Å². The highest BCUT2D eigenvalue weighted by atomic mass is 32.2. The first-order chi connectivity index (χ1) is 10.5. The summed E-state index contributed by atoms with van der Waals surface area (Å²) in [5, 5.41) is 3.30. The van der Waals surface area contributed by atoms with Gasteiger partial charge >= 0.3 is 0 Å². The lowest BCUT2D eigenvalue weighted by molar-refractivity contribution is 0.179. The Hall–Kier alpha value is -1.02. The molecule has 2 fully saturated rings. The minimum atomic E-state index is -3.61. The molecule has 3 rings (SSSR count). The molecule has 0 aliphatic carbocycles. The van der Waals surface area contributed by atoms with Crippen LogP contribution in [0.2, 0.25) is 0 Å². The Morgan fingerprint density at radius 3 is 2.68 bits per heavy atom. The Balaban J connectivity index is 1.77. The molecule has 1 atom stereocenters. The summed E-state index contributed by atoms with van der Waals surface area (Å²) < 4.78 is 40.5. The van der Waals surface area contributed by atoms with Crippen molar-refractivity contribution in [1.29, 1.82) is 0 Å². The fourth-order valence-electron chi connectivity index (χ4n) is 3.27. The van der Waals surface area contributed by atoms with Gasteiger partial charge in [0.15, 0.2) is 0 Å². The Morgan fingerprint density at radius 2 is 1.95 bits per heavy atom. The van der Waals surface area contributed by atoms with Crippen LogP contribution in [0, 0.1) is 12.7 Å². The summed E-state index contributed by atoms with van der Waals surface area (Å²) in [6, 6.07) is 4.21. The third-order valence-corrected chi connectivity index (χ3v) is 6.57. The van der Waals surface area contributed by atoms with Crippen molar-refractivity contribution in [2.75, 3.05) is 39.3 Å². The minimum absolute atomic E-state index is 0.0912.